The van der Waals surface area contributed by atoms with Crippen LogP contribution < -0.4 is 15.5 Å². The molecule has 1 saturated heterocycles. The first kappa shape index (κ1) is 21.7. The summed E-state index contributed by atoms with van der Waals surface area (Å²) in [6.45, 7) is 5.82. The average Bonchev–Trinajstić information content (AvgIpc) is 3.37. The molecule has 1 atom stereocenters. The molecule has 2 N–H and O–H groups in total. The normalized spacial score (nSPS) is 15.7. The second-order valence-electron chi connectivity index (χ2n) is 7.91. The Balaban J connectivity index is 1.42. The summed E-state index contributed by atoms with van der Waals surface area (Å²) in [5.74, 6) is -0.796. The molecule has 1 unspecified atom stereocenters. The van der Waals surface area contributed by atoms with Gasteiger partial charge in [0, 0.05) is 42.2 Å². The van der Waals surface area contributed by atoms with E-state index in [1.54, 1.807) is 17.0 Å². The van der Waals surface area contributed by atoms with E-state index in [9.17, 15) is 14.4 Å². The quantitative estimate of drug-likeness (QED) is 0.606. The number of anilines is 3. The van der Waals surface area contributed by atoms with Gasteiger partial charge in [0.05, 0.1) is 11.6 Å². The van der Waals surface area contributed by atoms with Crippen LogP contribution in [-0.4, -0.2) is 29.3 Å². The van der Waals surface area contributed by atoms with Gasteiger partial charge >= 0.3 is 0 Å². The maximum absolute atomic E-state index is 12.8. The standard InChI is InChI=1S/C24H24N4O3S/c1-14-5-4-6-21(15(14)2)28-12-18(11-22(28)30)23(31)27-24-26-20(13-32-24)17-7-9-19(10-8-17)25-16(3)29/h4-10,13,18H,11-12H2,1-3H3,(H,25,29)(H,26,27,31). The molecule has 3 amide bonds. The Labute approximate surface area is 190 Å². The SMILES string of the molecule is CC(=O)Nc1ccc(-c2csc(NC(=O)C3CC(=O)N(c4cccc(C)c4C)C3)n2)cc1. The molecule has 1 fully saturated rings. The first-order chi connectivity index (χ1) is 15.3. The molecule has 32 heavy (non-hydrogen) atoms. The Morgan fingerprint density at radius 2 is 1.84 bits per heavy atom. The molecular formula is C24H24N4O3S. The molecule has 4 rings (SSSR count). The number of nitrogens with zero attached hydrogens (tertiary/aromatic N) is 2. The second-order valence-corrected chi connectivity index (χ2v) is 8.77. The summed E-state index contributed by atoms with van der Waals surface area (Å²) >= 11 is 1.34. The van der Waals surface area contributed by atoms with Crippen LogP contribution in [0.3, 0.4) is 0 Å². The van der Waals surface area contributed by atoms with E-state index < -0.39 is 5.92 Å². The molecule has 2 aromatic carbocycles. The number of benzene rings is 2. The van der Waals surface area contributed by atoms with Crippen LogP contribution in [0, 0.1) is 19.8 Å². The largest absolute Gasteiger partial charge is 0.326 e. The fourth-order valence-corrected chi connectivity index (χ4v) is 4.47. The van der Waals surface area contributed by atoms with Crippen molar-refractivity contribution in [3.05, 3.63) is 59.0 Å². The number of aryl methyl sites for hydroxylation is 1. The van der Waals surface area contributed by atoms with Crippen molar-refractivity contribution in [2.75, 3.05) is 22.1 Å². The summed E-state index contributed by atoms with van der Waals surface area (Å²) in [5.41, 5.74) is 5.36. The highest BCUT2D eigenvalue weighted by Gasteiger charge is 2.36. The monoisotopic (exact) mass is 448 g/mol. The van der Waals surface area contributed by atoms with Gasteiger partial charge in [-0.1, -0.05) is 24.3 Å². The van der Waals surface area contributed by atoms with Crippen molar-refractivity contribution in [2.45, 2.75) is 27.2 Å². The van der Waals surface area contributed by atoms with E-state index in [1.807, 2.05) is 49.6 Å². The van der Waals surface area contributed by atoms with E-state index in [4.69, 9.17) is 0 Å². The number of nitrogens with one attached hydrogen (secondary N) is 2. The fourth-order valence-electron chi connectivity index (χ4n) is 3.74. The predicted molar refractivity (Wildman–Crippen MR) is 127 cm³/mol. The molecular weight excluding hydrogens is 424 g/mol. The number of aromatic nitrogens is 1. The molecule has 164 valence electrons. The molecule has 0 radical (unpaired) electrons. The average molecular weight is 449 g/mol. The summed E-state index contributed by atoms with van der Waals surface area (Å²) in [5, 5.41) is 7.95. The van der Waals surface area contributed by atoms with Crippen LogP contribution >= 0.6 is 11.3 Å². The van der Waals surface area contributed by atoms with Gasteiger partial charge in [-0.3, -0.25) is 14.4 Å². The van der Waals surface area contributed by atoms with Crippen LogP contribution in [0.2, 0.25) is 0 Å². The van der Waals surface area contributed by atoms with E-state index in [2.05, 4.69) is 15.6 Å². The van der Waals surface area contributed by atoms with Gasteiger partial charge in [-0.2, -0.15) is 0 Å². The molecule has 0 bridgehead atoms. The predicted octanol–water partition coefficient (Wildman–Crippen LogP) is 4.38. The Morgan fingerprint density at radius 3 is 2.56 bits per heavy atom. The molecule has 3 aromatic rings. The Morgan fingerprint density at radius 1 is 1.09 bits per heavy atom. The van der Waals surface area contributed by atoms with Crippen LogP contribution in [0.1, 0.15) is 24.5 Å². The maximum Gasteiger partial charge on any atom is 0.231 e. The number of thiazole rings is 1. The molecule has 1 aliphatic heterocycles. The Hall–Kier alpha value is -3.52. The molecule has 0 saturated carbocycles. The summed E-state index contributed by atoms with van der Waals surface area (Å²) in [6.07, 6.45) is 0.183. The van der Waals surface area contributed by atoms with Gasteiger partial charge in [-0.05, 0) is 43.2 Å². The lowest BCUT2D eigenvalue weighted by molar-refractivity contribution is -0.122. The number of amides is 3. The van der Waals surface area contributed by atoms with Gasteiger partial charge in [0.1, 0.15) is 0 Å². The van der Waals surface area contributed by atoms with Gasteiger partial charge in [0.15, 0.2) is 5.13 Å². The summed E-state index contributed by atoms with van der Waals surface area (Å²) in [7, 11) is 0. The lowest BCUT2D eigenvalue weighted by Crippen LogP contribution is -2.28. The Bertz CT molecular complexity index is 1190. The van der Waals surface area contributed by atoms with Gasteiger partial charge in [0.25, 0.3) is 0 Å². The number of carbonyl (C=O) groups excluding carboxylic acids is 3. The smallest absolute Gasteiger partial charge is 0.231 e. The lowest BCUT2D eigenvalue weighted by atomic mass is 10.1. The van der Waals surface area contributed by atoms with E-state index >= 15 is 0 Å². The summed E-state index contributed by atoms with van der Waals surface area (Å²) < 4.78 is 0. The topological polar surface area (TPSA) is 91.4 Å². The molecule has 0 spiro atoms. The third kappa shape index (κ3) is 4.55. The van der Waals surface area contributed by atoms with E-state index in [1.165, 1.54) is 18.3 Å². The van der Waals surface area contributed by atoms with E-state index in [0.717, 1.165) is 28.1 Å². The number of carbonyl (C=O) groups is 3. The van der Waals surface area contributed by atoms with Crippen LogP contribution in [0.5, 0.6) is 0 Å². The zero-order valence-corrected chi connectivity index (χ0v) is 19.0. The third-order valence-electron chi connectivity index (χ3n) is 5.60. The van der Waals surface area contributed by atoms with Crippen molar-refractivity contribution in [3.8, 4) is 11.3 Å². The minimum Gasteiger partial charge on any atom is -0.326 e. The number of hydrogen-bond donors (Lipinski definition) is 2. The first-order valence-electron chi connectivity index (χ1n) is 10.3. The molecule has 8 heteroatoms. The number of rotatable bonds is 5. The molecule has 1 aromatic heterocycles. The zero-order chi connectivity index (χ0) is 22.8. The second kappa shape index (κ2) is 8.92. The van der Waals surface area contributed by atoms with Gasteiger partial charge in [0.2, 0.25) is 17.7 Å². The van der Waals surface area contributed by atoms with Crippen molar-refractivity contribution in [2.24, 2.45) is 5.92 Å². The summed E-state index contributed by atoms with van der Waals surface area (Å²) in [6, 6.07) is 13.2. The molecule has 7 nitrogen and oxygen atoms in total. The fraction of sp³-hybridized carbons (Fsp3) is 0.250. The van der Waals surface area contributed by atoms with Gasteiger partial charge in [-0.15, -0.1) is 11.3 Å². The van der Waals surface area contributed by atoms with Crippen molar-refractivity contribution in [1.29, 1.82) is 0 Å². The van der Waals surface area contributed by atoms with Crippen LogP contribution in [0.4, 0.5) is 16.5 Å². The van der Waals surface area contributed by atoms with Crippen molar-refractivity contribution in [1.82, 2.24) is 4.98 Å². The van der Waals surface area contributed by atoms with Gasteiger partial charge in [-0.25, -0.2) is 4.98 Å². The van der Waals surface area contributed by atoms with Crippen molar-refractivity contribution >= 4 is 45.6 Å². The number of hydrogen-bond acceptors (Lipinski definition) is 5. The van der Waals surface area contributed by atoms with Crippen molar-refractivity contribution in [3.63, 3.8) is 0 Å². The first-order valence-corrected chi connectivity index (χ1v) is 11.2. The Kier molecular flexibility index (Phi) is 6.05. The van der Waals surface area contributed by atoms with E-state index in [0.29, 0.717) is 17.4 Å². The molecule has 2 heterocycles. The third-order valence-corrected chi connectivity index (χ3v) is 6.36. The molecule has 0 aliphatic carbocycles. The van der Waals surface area contributed by atoms with Crippen molar-refractivity contribution < 1.29 is 14.4 Å². The maximum atomic E-state index is 12.8. The molecule has 1 aliphatic rings. The highest BCUT2D eigenvalue weighted by atomic mass is 32.1. The van der Waals surface area contributed by atoms with Crippen LogP contribution in [0.15, 0.2) is 47.8 Å². The van der Waals surface area contributed by atoms with Crippen LogP contribution in [-0.2, 0) is 14.4 Å². The van der Waals surface area contributed by atoms with Crippen LogP contribution in [0.25, 0.3) is 11.3 Å². The minimum absolute atomic E-state index is 0.0436. The lowest BCUT2D eigenvalue weighted by Gasteiger charge is -2.20. The highest BCUT2D eigenvalue weighted by molar-refractivity contribution is 7.14. The van der Waals surface area contributed by atoms with E-state index in [-0.39, 0.29) is 24.1 Å². The summed E-state index contributed by atoms with van der Waals surface area (Å²) in [4.78, 5) is 42.8. The zero-order valence-electron chi connectivity index (χ0n) is 18.1. The van der Waals surface area contributed by atoms with Gasteiger partial charge < -0.3 is 15.5 Å². The minimum atomic E-state index is -0.424. The highest BCUT2D eigenvalue weighted by Crippen LogP contribution is 2.31.